The molecule has 0 aliphatic rings. The zero-order valence-electron chi connectivity index (χ0n) is 10.5. The van der Waals surface area contributed by atoms with Crippen molar-refractivity contribution in [2.24, 2.45) is 0 Å². The summed E-state index contributed by atoms with van der Waals surface area (Å²) in [5.74, 6) is 0.754. The maximum atomic E-state index is 11.3. The summed E-state index contributed by atoms with van der Waals surface area (Å²) >= 11 is 0. The van der Waals surface area contributed by atoms with Gasteiger partial charge in [-0.2, -0.15) is 0 Å². The van der Waals surface area contributed by atoms with Gasteiger partial charge < -0.3 is 15.4 Å². The number of rotatable bonds is 6. The lowest BCUT2D eigenvalue weighted by Crippen LogP contribution is -2.38. The molecule has 1 aromatic rings. The molecule has 17 heavy (non-hydrogen) atoms. The molecule has 4 nitrogen and oxygen atoms in total. The van der Waals surface area contributed by atoms with E-state index in [2.05, 4.69) is 17.6 Å². The van der Waals surface area contributed by atoms with Gasteiger partial charge in [0, 0.05) is 6.54 Å². The summed E-state index contributed by atoms with van der Waals surface area (Å²) in [6.07, 6.45) is 2.06. The zero-order valence-corrected chi connectivity index (χ0v) is 10.5. The number of ether oxygens (including phenoxy) is 1. The molecule has 0 heterocycles. The summed E-state index contributed by atoms with van der Waals surface area (Å²) in [7, 11) is 0. The molecule has 0 aliphatic carbocycles. The van der Waals surface area contributed by atoms with Gasteiger partial charge in [-0.3, -0.25) is 0 Å². The van der Waals surface area contributed by atoms with Gasteiger partial charge in [-0.1, -0.05) is 31.0 Å². The van der Waals surface area contributed by atoms with Crippen LogP contribution in [-0.2, 0) is 0 Å². The number of hydrogen-bond donors (Lipinski definition) is 2. The second-order valence-corrected chi connectivity index (χ2v) is 3.89. The first-order valence-corrected chi connectivity index (χ1v) is 5.93. The summed E-state index contributed by atoms with van der Waals surface area (Å²) in [6, 6.07) is 7.51. The number of benzene rings is 1. The summed E-state index contributed by atoms with van der Waals surface area (Å²) in [6.45, 7) is 4.98. The first-order chi connectivity index (χ1) is 8.22. The zero-order chi connectivity index (χ0) is 12.5. The van der Waals surface area contributed by atoms with Crippen LogP contribution < -0.4 is 15.4 Å². The molecule has 4 heteroatoms. The number of amides is 2. The van der Waals surface area contributed by atoms with Crippen molar-refractivity contribution in [3.63, 3.8) is 0 Å². The third-order valence-corrected chi connectivity index (χ3v) is 2.31. The minimum atomic E-state index is -0.189. The van der Waals surface area contributed by atoms with E-state index in [1.165, 1.54) is 5.56 Å². The van der Waals surface area contributed by atoms with Crippen molar-refractivity contribution >= 4 is 6.03 Å². The SMILES string of the molecule is CCCCNC(=O)NCOc1ccc(C)cc1. The Balaban J connectivity index is 2.14. The molecule has 0 aliphatic heterocycles. The van der Waals surface area contributed by atoms with Gasteiger partial charge in [0.15, 0.2) is 6.73 Å². The summed E-state index contributed by atoms with van der Waals surface area (Å²) in [4.78, 5) is 11.3. The van der Waals surface area contributed by atoms with Gasteiger partial charge in [0.25, 0.3) is 0 Å². The Morgan fingerprint density at radius 1 is 1.24 bits per heavy atom. The van der Waals surface area contributed by atoms with Crippen molar-refractivity contribution < 1.29 is 9.53 Å². The number of carbonyl (C=O) groups is 1. The fourth-order valence-corrected chi connectivity index (χ4v) is 1.26. The van der Waals surface area contributed by atoms with E-state index < -0.39 is 0 Å². The average Bonchev–Trinajstić information content (AvgIpc) is 2.32. The molecule has 0 radical (unpaired) electrons. The normalized spacial score (nSPS) is 9.76. The molecule has 1 aromatic carbocycles. The maximum Gasteiger partial charge on any atom is 0.317 e. The number of unbranched alkanes of at least 4 members (excludes halogenated alkanes) is 1. The Morgan fingerprint density at radius 2 is 1.94 bits per heavy atom. The Labute approximate surface area is 102 Å². The highest BCUT2D eigenvalue weighted by Gasteiger charge is 1.98. The highest BCUT2D eigenvalue weighted by atomic mass is 16.5. The molecule has 0 atom stereocenters. The van der Waals surface area contributed by atoms with E-state index in [4.69, 9.17) is 4.74 Å². The van der Waals surface area contributed by atoms with Crippen LogP contribution in [0.5, 0.6) is 5.75 Å². The lowest BCUT2D eigenvalue weighted by atomic mass is 10.2. The van der Waals surface area contributed by atoms with E-state index in [0.717, 1.165) is 18.6 Å². The van der Waals surface area contributed by atoms with Gasteiger partial charge in [-0.25, -0.2) is 4.79 Å². The van der Waals surface area contributed by atoms with E-state index >= 15 is 0 Å². The minimum absolute atomic E-state index is 0.182. The third kappa shape index (κ3) is 5.80. The summed E-state index contributed by atoms with van der Waals surface area (Å²) in [5, 5.41) is 5.38. The Hall–Kier alpha value is -1.71. The van der Waals surface area contributed by atoms with Crippen LogP contribution in [0.4, 0.5) is 4.79 Å². The Kier molecular flexibility index (Phi) is 5.93. The van der Waals surface area contributed by atoms with Crippen LogP contribution in [0, 0.1) is 6.92 Å². The van der Waals surface area contributed by atoms with Crippen LogP contribution in [0.15, 0.2) is 24.3 Å². The molecule has 0 saturated carbocycles. The van der Waals surface area contributed by atoms with Crippen molar-refractivity contribution in [2.75, 3.05) is 13.3 Å². The second-order valence-electron chi connectivity index (χ2n) is 3.89. The highest BCUT2D eigenvalue weighted by molar-refractivity contribution is 5.73. The summed E-state index contributed by atoms with van der Waals surface area (Å²) in [5.41, 5.74) is 1.18. The fourth-order valence-electron chi connectivity index (χ4n) is 1.26. The fraction of sp³-hybridized carbons (Fsp3) is 0.462. The molecule has 2 amide bonds. The molecule has 0 unspecified atom stereocenters. The first kappa shape index (κ1) is 13.4. The monoisotopic (exact) mass is 236 g/mol. The molecule has 94 valence electrons. The molecule has 0 spiro atoms. The predicted molar refractivity (Wildman–Crippen MR) is 68.1 cm³/mol. The van der Waals surface area contributed by atoms with Gasteiger partial charge >= 0.3 is 6.03 Å². The van der Waals surface area contributed by atoms with Crippen LogP contribution in [0.3, 0.4) is 0 Å². The van der Waals surface area contributed by atoms with Gasteiger partial charge in [-0.05, 0) is 25.5 Å². The maximum absolute atomic E-state index is 11.3. The van der Waals surface area contributed by atoms with Gasteiger partial charge in [0.1, 0.15) is 5.75 Å². The molecule has 1 rings (SSSR count). The minimum Gasteiger partial charge on any atom is -0.473 e. The van der Waals surface area contributed by atoms with Crippen molar-refractivity contribution in [2.45, 2.75) is 26.7 Å². The molecule has 0 bridgehead atoms. The largest absolute Gasteiger partial charge is 0.473 e. The van der Waals surface area contributed by atoms with E-state index in [0.29, 0.717) is 6.54 Å². The van der Waals surface area contributed by atoms with Gasteiger partial charge in [0.05, 0.1) is 0 Å². The standard InChI is InChI=1S/C13H20N2O2/c1-3-4-9-14-13(16)15-10-17-12-7-5-11(2)6-8-12/h5-8H,3-4,9-10H2,1-2H3,(H2,14,15,16). The third-order valence-electron chi connectivity index (χ3n) is 2.31. The van der Waals surface area contributed by atoms with Gasteiger partial charge in [0.2, 0.25) is 0 Å². The summed E-state index contributed by atoms with van der Waals surface area (Å²) < 4.78 is 5.37. The second kappa shape index (κ2) is 7.54. The Morgan fingerprint density at radius 3 is 2.59 bits per heavy atom. The first-order valence-electron chi connectivity index (χ1n) is 5.93. The quantitative estimate of drug-likeness (QED) is 0.588. The van der Waals surface area contributed by atoms with Crippen LogP contribution in [0.1, 0.15) is 25.3 Å². The van der Waals surface area contributed by atoms with E-state index in [9.17, 15) is 4.79 Å². The number of carbonyl (C=O) groups excluding carboxylic acids is 1. The molecule has 0 aromatic heterocycles. The van der Waals surface area contributed by atoms with Crippen molar-refractivity contribution in [1.29, 1.82) is 0 Å². The predicted octanol–water partition coefficient (Wildman–Crippen LogP) is 2.43. The Bertz CT molecular complexity index is 336. The number of hydrogen-bond acceptors (Lipinski definition) is 2. The highest BCUT2D eigenvalue weighted by Crippen LogP contribution is 2.10. The van der Waals surface area contributed by atoms with Crippen molar-refractivity contribution in [1.82, 2.24) is 10.6 Å². The van der Waals surface area contributed by atoms with E-state index in [1.807, 2.05) is 31.2 Å². The molecule has 0 fully saturated rings. The van der Waals surface area contributed by atoms with Crippen LogP contribution >= 0.6 is 0 Å². The number of aryl methyl sites for hydroxylation is 1. The lowest BCUT2D eigenvalue weighted by molar-refractivity contribution is 0.224. The molecular weight excluding hydrogens is 216 g/mol. The number of nitrogens with one attached hydrogen (secondary N) is 2. The van der Waals surface area contributed by atoms with Crippen LogP contribution in [0.2, 0.25) is 0 Å². The van der Waals surface area contributed by atoms with Gasteiger partial charge in [-0.15, -0.1) is 0 Å². The molecule has 0 saturated heterocycles. The van der Waals surface area contributed by atoms with E-state index in [-0.39, 0.29) is 12.8 Å². The lowest BCUT2D eigenvalue weighted by Gasteiger charge is -2.09. The van der Waals surface area contributed by atoms with Crippen LogP contribution in [-0.4, -0.2) is 19.3 Å². The number of urea groups is 1. The molecular formula is C13H20N2O2. The van der Waals surface area contributed by atoms with Crippen molar-refractivity contribution in [3.05, 3.63) is 29.8 Å². The topological polar surface area (TPSA) is 50.4 Å². The van der Waals surface area contributed by atoms with Crippen LogP contribution in [0.25, 0.3) is 0 Å². The van der Waals surface area contributed by atoms with E-state index in [1.54, 1.807) is 0 Å². The smallest absolute Gasteiger partial charge is 0.317 e. The average molecular weight is 236 g/mol. The molecule has 2 N–H and O–H groups in total. The van der Waals surface area contributed by atoms with Crippen molar-refractivity contribution in [3.8, 4) is 5.75 Å².